The van der Waals surface area contributed by atoms with Gasteiger partial charge >= 0.3 is 0 Å². The molecule has 1 heterocycles. The molecule has 0 unspecified atom stereocenters. The second-order valence-electron chi connectivity index (χ2n) is 3.52. The fraction of sp³-hybridized carbons (Fsp3) is 0.0769. The quantitative estimate of drug-likeness (QED) is 0.835. The van der Waals surface area contributed by atoms with E-state index in [2.05, 4.69) is 22.1 Å². The summed E-state index contributed by atoms with van der Waals surface area (Å²) < 4.78 is 0. The molecule has 0 atom stereocenters. The van der Waals surface area contributed by atoms with Gasteiger partial charge in [-0.25, -0.2) is 0 Å². The number of hydrogen-bond acceptors (Lipinski definition) is 4. The fourth-order valence-corrected chi connectivity index (χ4v) is 2.07. The lowest BCUT2D eigenvalue weighted by molar-refractivity contribution is 0.103. The van der Waals surface area contributed by atoms with Crippen molar-refractivity contribution in [2.45, 2.75) is 0 Å². The molecule has 96 valence electrons. The fourth-order valence-electron chi connectivity index (χ4n) is 1.39. The van der Waals surface area contributed by atoms with Crippen LogP contribution >= 0.6 is 22.9 Å². The standard InChI is InChI=1S/C13H10ClN3OS/c14-10-4-3-9(2-1-5-15)11(6-10)17-13(18)12-7-16-8-19-12/h3-4,6-8H,5,15H2,(H,17,18). The number of nitrogens with two attached hydrogens (primary N) is 1. The Labute approximate surface area is 119 Å². The van der Waals surface area contributed by atoms with E-state index < -0.39 is 0 Å². The molecule has 1 aromatic heterocycles. The Balaban J connectivity index is 2.28. The molecule has 0 fully saturated rings. The lowest BCUT2D eigenvalue weighted by atomic mass is 10.2. The summed E-state index contributed by atoms with van der Waals surface area (Å²) >= 11 is 7.19. The molecule has 0 radical (unpaired) electrons. The molecule has 2 rings (SSSR count). The number of hydrogen-bond donors (Lipinski definition) is 2. The van der Waals surface area contributed by atoms with Crippen LogP contribution in [0.5, 0.6) is 0 Å². The van der Waals surface area contributed by atoms with Crippen LogP contribution in [0.15, 0.2) is 29.9 Å². The van der Waals surface area contributed by atoms with Crippen molar-refractivity contribution in [3.05, 3.63) is 45.4 Å². The van der Waals surface area contributed by atoms with Gasteiger partial charge in [0, 0.05) is 10.6 Å². The summed E-state index contributed by atoms with van der Waals surface area (Å²) in [6.07, 6.45) is 1.51. The van der Waals surface area contributed by atoms with E-state index in [1.807, 2.05) is 0 Å². The highest BCUT2D eigenvalue weighted by Gasteiger charge is 2.10. The van der Waals surface area contributed by atoms with Crippen LogP contribution in [-0.4, -0.2) is 17.4 Å². The minimum absolute atomic E-state index is 0.236. The van der Waals surface area contributed by atoms with Gasteiger partial charge in [0.1, 0.15) is 4.88 Å². The summed E-state index contributed by atoms with van der Waals surface area (Å²) in [6.45, 7) is 0.255. The average Bonchev–Trinajstić information content (AvgIpc) is 2.92. The van der Waals surface area contributed by atoms with Gasteiger partial charge in [0.25, 0.3) is 5.91 Å². The Morgan fingerprint density at radius 2 is 2.37 bits per heavy atom. The van der Waals surface area contributed by atoms with E-state index in [9.17, 15) is 4.79 Å². The van der Waals surface area contributed by atoms with E-state index in [1.165, 1.54) is 17.5 Å². The van der Waals surface area contributed by atoms with Crippen LogP contribution in [0.2, 0.25) is 5.02 Å². The third kappa shape index (κ3) is 3.55. The molecule has 3 N–H and O–H groups in total. The number of aromatic nitrogens is 1. The number of halogens is 1. The highest BCUT2D eigenvalue weighted by atomic mass is 35.5. The summed E-state index contributed by atoms with van der Waals surface area (Å²) in [6, 6.07) is 5.11. The summed E-state index contributed by atoms with van der Waals surface area (Å²) in [7, 11) is 0. The second-order valence-corrected chi connectivity index (χ2v) is 4.84. The first-order chi connectivity index (χ1) is 9.20. The Bertz CT molecular complexity index is 644. The van der Waals surface area contributed by atoms with Gasteiger partial charge in [-0.15, -0.1) is 11.3 Å². The van der Waals surface area contributed by atoms with Gasteiger partial charge in [0.05, 0.1) is 23.9 Å². The number of benzene rings is 1. The van der Waals surface area contributed by atoms with Crippen molar-refractivity contribution in [3.8, 4) is 11.8 Å². The van der Waals surface area contributed by atoms with E-state index in [1.54, 1.807) is 23.7 Å². The van der Waals surface area contributed by atoms with Gasteiger partial charge in [0.2, 0.25) is 0 Å². The van der Waals surface area contributed by atoms with Gasteiger partial charge in [-0.2, -0.15) is 0 Å². The molecule has 0 saturated carbocycles. The molecular weight excluding hydrogens is 282 g/mol. The SMILES string of the molecule is NCC#Cc1ccc(Cl)cc1NC(=O)c1cncs1. The normalized spacial score (nSPS) is 9.58. The number of thiazole rings is 1. The first-order valence-corrected chi connectivity index (χ1v) is 6.65. The zero-order valence-electron chi connectivity index (χ0n) is 9.81. The number of rotatable bonds is 2. The maximum atomic E-state index is 12.0. The number of anilines is 1. The summed E-state index contributed by atoms with van der Waals surface area (Å²) in [4.78, 5) is 16.3. The largest absolute Gasteiger partial charge is 0.320 e. The van der Waals surface area contributed by atoms with Crippen molar-refractivity contribution in [2.24, 2.45) is 5.73 Å². The number of carbonyl (C=O) groups is 1. The molecule has 0 saturated heterocycles. The molecule has 0 aliphatic heterocycles. The maximum absolute atomic E-state index is 12.0. The lowest BCUT2D eigenvalue weighted by Crippen LogP contribution is -2.11. The van der Waals surface area contributed by atoms with Crippen LogP contribution in [0.4, 0.5) is 5.69 Å². The number of nitrogens with one attached hydrogen (secondary N) is 1. The van der Waals surface area contributed by atoms with Gasteiger partial charge < -0.3 is 11.1 Å². The van der Waals surface area contributed by atoms with Gasteiger partial charge in [-0.3, -0.25) is 9.78 Å². The first-order valence-electron chi connectivity index (χ1n) is 5.39. The molecule has 2 aromatic rings. The molecule has 0 aliphatic carbocycles. The molecule has 4 nitrogen and oxygen atoms in total. The number of nitrogens with zero attached hydrogens (tertiary/aromatic N) is 1. The van der Waals surface area contributed by atoms with E-state index in [-0.39, 0.29) is 12.5 Å². The van der Waals surface area contributed by atoms with Crippen molar-refractivity contribution < 1.29 is 4.79 Å². The summed E-state index contributed by atoms with van der Waals surface area (Å²) in [5, 5.41) is 3.29. The Kier molecular flexibility index (Phi) is 4.53. The van der Waals surface area contributed by atoms with E-state index >= 15 is 0 Å². The van der Waals surface area contributed by atoms with Crippen LogP contribution in [0.25, 0.3) is 0 Å². The third-order valence-corrected chi connectivity index (χ3v) is 3.22. The Hall–Kier alpha value is -1.87. The second kappa shape index (κ2) is 6.34. The summed E-state index contributed by atoms with van der Waals surface area (Å²) in [5.41, 5.74) is 8.18. The highest BCUT2D eigenvalue weighted by molar-refractivity contribution is 7.11. The van der Waals surface area contributed by atoms with Crippen LogP contribution < -0.4 is 11.1 Å². The molecular formula is C13H10ClN3OS. The van der Waals surface area contributed by atoms with Gasteiger partial charge in [-0.05, 0) is 18.2 Å². The smallest absolute Gasteiger partial charge is 0.267 e. The molecule has 19 heavy (non-hydrogen) atoms. The number of amides is 1. The van der Waals surface area contributed by atoms with Crippen molar-refractivity contribution in [2.75, 3.05) is 11.9 Å². The van der Waals surface area contributed by atoms with Crippen molar-refractivity contribution in [1.82, 2.24) is 4.98 Å². The zero-order valence-corrected chi connectivity index (χ0v) is 11.4. The third-order valence-electron chi connectivity index (χ3n) is 2.21. The van der Waals surface area contributed by atoms with Crippen LogP contribution in [-0.2, 0) is 0 Å². The van der Waals surface area contributed by atoms with Crippen molar-refractivity contribution in [1.29, 1.82) is 0 Å². The topological polar surface area (TPSA) is 68.0 Å². The van der Waals surface area contributed by atoms with Gasteiger partial charge in [-0.1, -0.05) is 23.4 Å². The molecule has 1 amide bonds. The lowest BCUT2D eigenvalue weighted by Gasteiger charge is -2.06. The van der Waals surface area contributed by atoms with Crippen LogP contribution in [0.3, 0.4) is 0 Å². The molecule has 0 bridgehead atoms. The summed E-state index contributed by atoms with van der Waals surface area (Å²) in [5.74, 6) is 5.40. The highest BCUT2D eigenvalue weighted by Crippen LogP contribution is 2.21. The van der Waals surface area contributed by atoms with Crippen LogP contribution in [0.1, 0.15) is 15.2 Å². The van der Waals surface area contributed by atoms with E-state index in [4.69, 9.17) is 17.3 Å². The van der Waals surface area contributed by atoms with Gasteiger partial charge in [0.15, 0.2) is 0 Å². The Morgan fingerprint density at radius 1 is 1.53 bits per heavy atom. The van der Waals surface area contributed by atoms with Crippen LogP contribution in [0, 0.1) is 11.8 Å². The monoisotopic (exact) mass is 291 g/mol. The minimum atomic E-state index is -0.236. The minimum Gasteiger partial charge on any atom is -0.320 e. The predicted molar refractivity (Wildman–Crippen MR) is 77.5 cm³/mol. The molecule has 1 aromatic carbocycles. The average molecular weight is 292 g/mol. The molecule has 0 spiro atoms. The molecule has 6 heteroatoms. The maximum Gasteiger partial charge on any atom is 0.267 e. The first kappa shape index (κ1) is 13.6. The zero-order chi connectivity index (χ0) is 13.7. The van der Waals surface area contributed by atoms with E-state index in [0.29, 0.717) is 21.2 Å². The number of carbonyl (C=O) groups excluding carboxylic acids is 1. The van der Waals surface area contributed by atoms with E-state index in [0.717, 1.165) is 0 Å². The Morgan fingerprint density at radius 3 is 3.05 bits per heavy atom. The molecule has 0 aliphatic rings. The predicted octanol–water partition coefficient (Wildman–Crippen LogP) is 2.36. The van der Waals surface area contributed by atoms with Crippen molar-refractivity contribution in [3.63, 3.8) is 0 Å². The van der Waals surface area contributed by atoms with Crippen molar-refractivity contribution >= 4 is 34.5 Å².